The van der Waals surface area contributed by atoms with Gasteiger partial charge < -0.3 is 10.3 Å². The minimum absolute atomic E-state index is 0.837. The van der Waals surface area contributed by atoms with Crippen LogP contribution in [-0.2, 0) is 13.0 Å². The molecule has 0 aliphatic heterocycles. The fraction of sp³-hybridized carbons (Fsp3) is 0.333. The van der Waals surface area contributed by atoms with Crippen LogP contribution in [0, 0.1) is 0 Å². The van der Waals surface area contributed by atoms with Gasteiger partial charge in [-0.15, -0.1) is 11.3 Å². The van der Waals surface area contributed by atoms with Crippen LogP contribution in [0.25, 0.3) is 0 Å². The summed E-state index contributed by atoms with van der Waals surface area (Å²) in [6.45, 7) is 1.78. The molecule has 4 nitrogen and oxygen atoms in total. The molecular formula is C9H12N4S. The predicted octanol–water partition coefficient (Wildman–Crippen LogP) is 1.20. The van der Waals surface area contributed by atoms with Gasteiger partial charge in [-0.2, -0.15) is 0 Å². The SMILES string of the molecule is c1ncc(CNCCc2cscn2)[nH]1. The summed E-state index contributed by atoms with van der Waals surface area (Å²) in [5.41, 5.74) is 4.14. The zero-order valence-electron chi connectivity index (χ0n) is 7.73. The van der Waals surface area contributed by atoms with Crippen molar-refractivity contribution in [3.05, 3.63) is 34.8 Å². The number of H-pyrrole nitrogens is 1. The number of aromatic amines is 1. The molecule has 2 aromatic heterocycles. The molecule has 0 fully saturated rings. The molecule has 2 rings (SSSR count). The van der Waals surface area contributed by atoms with Crippen LogP contribution in [0.4, 0.5) is 0 Å². The van der Waals surface area contributed by atoms with E-state index in [0.29, 0.717) is 0 Å². The zero-order chi connectivity index (χ0) is 9.64. The lowest BCUT2D eigenvalue weighted by atomic mass is 10.3. The molecule has 0 amide bonds. The molecule has 0 saturated heterocycles. The van der Waals surface area contributed by atoms with E-state index in [0.717, 1.165) is 30.9 Å². The van der Waals surface area contributed by atoms with Gasteiger partial charge in [-0.05, 0) is 0 Å². The lowest BCUT2D eigenvalue weighted by Gasteiger charge is -2.00. The maximum atomic E-state index is 4.21. The maximum Gasteiger partial charge on any atom is 0.0922 e. The largest absolute Gasteiger partial charge is 0.347 e. The topological polar surface area (TPSA) is 53.6 Å². The number of aromatic nitrogens is 3. The molecule has 2 aromatic rings. The molecule has 0 radical (unpaired) electrons. The van der Waals surface area contributed by atoms with Crippen molar-refractivity contribution in [1.82, 2.24) is 20.3 Å². The second kappa shape index (κ2) is 4.88. The van der Waals surface area contributed by atoms with Crippen molar-refractivity contribution < 1.29 is 0 Å². The Bertz CT molecular complexity index is 305. The fourth-order valence-corrected chi connectivity index (χ4v) is 1.77. The van der Waals surface area contributed by atoms with Gasteiger partial charge in [0.2, 0.25) is 0 Å². The van der Waals surface area contributed by atoms with Crippen molar-refractivity contribution in [3.8, 4) is 0 Å². The Morgan fingerprint density at radius 3 is 3.21 bits per heavy atom. The van der Waals surface area contributed by atoms with Crippen molar-refractivity contribution in [3.63, 3.8) is 0 Å². The first-order chi connectivity index (χ1) is 6.95. The number of nitrogens with zero attached hydrogens (tertiary/aromatic N) is 2. The first-order valence-corrected chi connectivity index (χ1v) is 5.44. The standard InChI is InChI=1S/C9H12N4S/c1(8-5-14-7-13-8)2-10-3-9-4-11-6-12-9/h4-7,10H,1-3H2,(H,11,12). The summed E-state index contributed by atoms with van der Waals surface area (Å²) in [5, 5.41) is 5.40. The van der Waals surface area contributed by atoms with E-state index < -0.39 is 0 Å². The molecule has 0 aliphatic carbocycles. The van der Waals surface area contributed by atoms with Crippen LogP contribution in [0.5, 0.6) is 0 Å². The molecule has 0 atom stereocenters. The summed E-state index contributed by atoms with van der Waals surface area (Å²) in [5.74, 6) is 0. The van der Waals surface area contributed by atoms with E-state index in [1.54, 1.807) is 17.7 Å². The van der Waals surface area contributed by atoms with E-state index in [9.17, 15) is 0 Å². The van der Waals surface area contributed by atoms with Crippen LogP contribution in [0.2, 0.25) is 0 Å². The smallest absolute Gasteiger partial charge is 0.0922 e. The average Bonchev–Trinajstić information content (AvgIpc) is 2.86. The number of hydrogen-bond acceptors (Lipinski definition) is 4. The van der Waals surface area contributed by atoms with E-state index in [4.69, 9.17) is 0 Å². The number of hydrogen-bond donors (Lipinski definition) is 2. The van der Waals surface area contributed by atoms with E-state index in [1.165, 1.54) is 0 Å². The maximum absolute atomic E-state index is 4.21. The van der Waals surface area contributed by atoms with Crippen LogP contribution >= 0.6 is 11.3 Å². The zero-order valence-corrected chi connectivity index (χ0v) is 8.55. The van der Waals surface area contributed by atoms with Crippen LogP contribution in [0.1, 0.15) is 11.4 Å². The van der Waals surface area contributed by atoms with Gasteiger partial charge in [0.05, 0.1) is 17.5 Å². The third-order valence-electron chi connectivity index (χ3n) is 1.91. The van der Waals surface area contributed by atoms with Crippen molar-refractivity contribution in [2.45, 2.75) is 13.0 Å². The average molecular weight is 208 g/mol. The van der Waals surface area contributed by atoms with Crippen molar-refractivity contribution in [2.24, 2.45) is 0 Å². The Labute approximate surface area is 86.4 Å². The lowest BCUT2D eigenvalue weighted by Crippen LogP contribution is -2.16. The molecule has 0 bridgehead atoms. The van der Waals surface area contributed by atoms with Crippen LogP contribution in [-0.4, -0.2) is 21.5 Å². The monoisotopic (exact) mass is 208 g/mol. The molecule has 2 N–H and O–H groups in total. The molecule has 0 aliphatic rings. The minimum Gasteiger partial charge on any atom is -0.347 e. The predicted molar refractivity (Wildman–Crippen MR) is 56.1 cm³/mol. The Balaban J connectivity index is 1.65. The molecular weight excluding hydrogens is 196 g/mol. The minimum atomic E-state index is 0.837. The summed E-state index contributed by atoms with van der Waals surface area (Å²) >= 11 is 1.64. The first-order valence-electron chi connectivity index (χ1n) is 4.50. The van der Waals surface area contributed by atoms with Crippen molar-refractivity contribution in [2.75, 3.05) is 6.54 Å². The van der Waals surface area contributed by atoms with Gasteiger partial charge in [0, 0.05) is 36.8 Å². The van der Waals surface area contributed by atoms with Gasteiger partial charge in [0.25, 0.3) is 0 Å². The summed E-state index contributed by atoms with van der Waals surface area (Å²) in [4.78, 5) is 11.2. The van der Waals surface area contributed by atoms with Crippen LogP contribution in [0.15, 0.2) is 23.4 Å². The van der Waals surface area contributed by atoms with E-state index in [2.05, 4.69) is 25.6 Å². The van der Waals surface area contributed by atoms with Crippen molar-refractivity contribution >= 4 is 11.3 Å². The Morgan fingerprint density at radius 1 is 1.50 bits per heavy atom. The highest BCUT2D eigenvalue weighted by molar-refractivity contribution is 7.07. The van der Waals surface area contributed by atoms with Crippen molar-refractivity contribution in [1.29, 1.82) is 0 Å². The van der Waals surface area contributed by atoms with E-state index >= 15 is 0 Å². The molecule has 0 unspecified atom stereocenters. The molecule has 5 heteroatoms. The number of nitrogens with one attached hydrogen (secondary N) is 2. The number of imidazole rings is 1. The molecule has 74 valence electrons. The molecule has 0 aromatic carbocycles. The number of thiazole rings is 1. The third kappa shape index (κ3) is 2.65. The molecule has 14 heavy (non-hydrogen) atoms. The van der Waals surface area contributed by atoms with Gasteiger partial charge >= 0.3 is 0 Å². The Morgan fingerprint density at radius 2 is 2.50 bits per heavy atom. The van der Waals surface area contributed by atoms with Gasteiger partial charge in [-0.1, -0.05) is 0 Å². The highest BCUT2D eigenvalue weighted by atomic mass is 32.1. The third-order valence-corrected chi connectivity index (χ3v) is 2.55. The summed E-state index contributed by atoms with van der Waals surface area (Å²) in [6.07, 6.45) is 4.50. The summed E-state index contributed by atoms with van der Waals surface area (Å²) in [6, 6.07) is 0. The highest BCUT2D eigenvalue weighted by Gasteiger charge is 1.95. The number of rotatable bonds is 5. The van der Waals surface area contributed by atoms with Crippen LogP contribution in [0.3, 0.4) is 0 Å². The normalized spacial score (nSPS) is 10.6. The Hall–Kier alpha value is -1.20. The van der Waals surface area contributed by atoms with Gasteiger partial charge in [0.15, 0.2) is 0 Å². The Kier molecular flexibility index (Phi) is 3.26. The van der Waals surface area contributed by atoms with E-state index in [1.807, 2.05) is 11.7 Å². The van der Waals surface area contributed by atoms with E-state index in [-0.39, 0.29) is 0 Å². The lowest BCUT2D eigenvalue weighted by molar-refractivity contribution is 0.672. The molecule has 2 heterocycles. The second-order valence-electron chi connectivity index (χ2n) is 2.98. The first kappa shape index (κ1) is 9.36. The van der Waals surface area contributed by atoms with Gasteiger partial charge in [-0.3, -0.25) is 0 Å². The summed E-state index contributed by atoms with van der Waals surface area (Å²) in [7, 11) is 0. The highest BCUT2D eigenvalue weighted by Crippen LogP contribution is 2.00. The fourth-order valence-electron chi connectivity index (χ4n) is 1.18. The molecule has 0 saturated carbocycles. The quantitative estimate of drug-likeness (QED) is 0.726. The van der Waals surface area contributed by atoms with Crippen LogP contribution < -0.4 is 5.32 Å². The van der Waals surface area contributed by atoms with Gasteiger partial charge in [-0.25, -0.2) is 9.97 Å². The summed E-state index contributed by atoms with van der Waals surface area (Å²) < 4.78 is 0. The van der Waals surface area contributed by atoms with Gasteiger partial charge in [0.1, 0.15) is 0 Å². The molecule has 0 spiro atoms. The second-order valence-corrected chi connectivity index (χ2v) is 3.70.